The van der Waals surface area contributed by atoms with Crippen molar-refractivity contribution in [1.29, 1.82) is 0 Å². The third-order valence-corrected chi connectivity index (χ3v) is 8.76. The van der Waals surface area contributed by atoms with Crippen LogP contribution in [0.1, 0.15) is 20.8 Å². The summed E-state index contributed by atoms with van der Waals surface area (Å²) in [5.41, 5.74) is 0. The molecule has 23 heavy (non-hydrogen) atoms. The van der Waals surface area contributed by atoms with Gasteiger partial charge in [0.2, 0.25) is 0 Å². The van der Waals surface area contributed by atoms with Crippen molar-refractivity contribution in [3.63, 3.8) is 0 Å². The second-order valence-corrected chi connectivity index (χ2v) is 11.9. The molecule has 132 valence electrons. The molecule has 0 N–H and O–H groups in total. The zero-order valence-electron chi connectivity index (χ0n) is 15.1. The molecule has 6 heteroatoms. The molecule has 0 saturated carbocycles. The lowest BCUT2D eigenvalue weighted by Crippen LogP contribution is -2.47. The summed E-state index contributed by atoms with van der Waals surface area (Å²) in [6.07, 6.45) is 7.99. The highest BCUT2D eigenvalue weighted by atomic mass is 28.4. The van der Waals surface area contributed by atoms with Crippen LogP contribution in [0.5, 0.6) is 0 Å². The Morgan fingerprint density at radius 2 is 1.91 bits per heavy atom. The molecule has 0 bridgehead atoms. The Morgan fingerprint density at radius 1 is 1.22 bits per heavy atom. The van der Waals surface area contributed by atoms with E-state index in [1.165, 1.54) is 0 Å². The molecule has 0 spiro atoms. The fraction of sp³-hybridized carbons (Fsp3) is 0.765. The van der Waals surface area contributed by atoms with Gasteiger partial charge in [0, 0.05) is 7.11 Å². The summed E-state index contributed by atoms with van der Waals surface area (Å²) >= 11 is 0. The van der Waals surface area contributed by atoms with Crippen LogP contribution < -0.4 is 0 Å². The molecule has 0 aliphatic carbocycles. The van der Waals surface area contributed by atoms with Gasteiger partial charge in [0.25, 0.3) is 0 Å². The Labute approximate surface area is 141 Å². The van der Waals surface area contributed by atoms with Gasteiger partial charge < -0.3 is 23.4 Å². The fourth-order valence-electron chi connectivity index (χ4n) is 1.79. The van der Waals surface area contributed by atoms with E-state index >= 15 is 0 Å². The molecule has 5 nitrogen and oxygen atoms in total. The minimum atomic E-state index is -1.86. The Balaban J connectivity index is 2.69. The van der Waals surface area contributed by atoms with Crippen LogP contribution in [0.25, 0.3) is 0 Å². The molecule has 0 unspecified atom stereocenters. The van der Waals surface area contributed by atoms with Crippen molar-refractivity contribution >= 4 is 8.32 Å². The molecule has 0 aromatic rings. The van der Waals surface area contributed by atoms with Crippen LogP contribution in [0.4, 0.5) is 0 Å². The zero-order chi connectivity index (χ0) is 17.5. The minimum Gasteiger partial charge on any atom is -0.414 e. The second kappa shape index (κ2) is 8.97. The number of methoxy groups -OCH3 is 1. The molecule has 1 aliphatic heterocycles. The van der Waals surface area contributed by atoms with E-state index in [1.54, 1.807) is 13.2 Å². The van der Waals surface area contributed by atoms with Crippen LogP contribution in [0.15, 0.2) is 12.2 Å². The number of ether oxygens (including phenoxy) is 4. The summed E-state index contributed by atoms with van der Waals surface area (Å²) < 4.78 is 28.3. The number of rotatable bonds is 8. The number of terminal acetylenes is 1. The molecular formula is C17H30O5Si. The van der Waals surface area contributed by atoms with Gasteiger partial charge in [-0.05, 0) is 24.2 Å². The van der Waals surface area contributed by atoms with Gasteiger partial charge in [-0.3, -0.25) is 0 Å². The lowest BCUT2D eigenvalue weighted by molar-refractivity contribution is -0.194. The SMILES string of the molecule is C#CCO[C@@H]1C=C[C@H](OCOC)[C@@H](CO[Si](C)(C)C(C)(C)C)O1. The minimum absolute atomic E-state index is 0.139. The summed E-state index contributed by atoms with van der Waals surface area (Å²) in [6, 6.07) is 0. The summed E-state index contributed by atoms with van der Waals surface area (Å²) in [6.45, 7) is 11.9. The average molecular weight is 343 g/mol. The van der Waals surface area contributed by atoms with Crippen molar-refractivity contribution < 1.29 is 23.4 Å². The van der Waals surface area contributed by atoms with Crippen molar-refractivity contribution in [2.75, 3.05) is 27.1 Å². The highest BCUT2D eigenvalue weighted by molar-refractivity contribution is 6.74. The quantitative estimate of drug-likeness (QED) is 0.294. The van der Waals surface area contributed by atoms with Crippen LogP contribution in [-0.4, -0.2) is 53.9 Å². The zero-order valence-corrected chi connectivity index (χ0v) is 16.1. The van der Waals surface area contributed by atoms with Crippen LogP contribution in [0.3, 0.4) is 0 Å². The van der Waals surface area contributed by atoms with Gasteiger partial charge in [-0.15, -0.1) is 6.42 Å². The van der Waals surface area contributed by atoms with Gasteiger partial charge >= 0.3 is 0 Å². The van der Waals surface area contributed by atoms with Crippen molar-refractivity contribution in [2.24, 2.45) is 0 Å². The molecule has 1 aliphatic rings. The molecule has 1 heterocycles. The van der Waals surface area contributed by atoms with Gasteiger partial charge in [0.05, 0.1) is 6.61 Å². The van der Waals surface area contributed by atoms with Gasteiger partial charge in [-0.25, -0.2) is 0 Å². The highest BCUT2D eigenvalue weighted by Gasteiger charge is 2.39. The Hall–Kier alpha value is -0.683. The molecule has 0 fully saturated rings. The largest absolute Gasteiger partial charge is 0.414 e. The molecule has 0 aromatic heterocycles. The van der Waals surface area contributed by atoms with Crippen LogP contribution in [0.2, 0.25) is 18.1 Å². The monoisotopic (exact) mass is 342 g/mol. The van der Waals surface area contributed by atoms with Gasteiger partial charge in [-0.2, -0.15) is 0 Å². The third-order valence-electron chi connectivity index (χ3n) is 4.26. The smallest absolute Gasteiger partial charge is 0.192 e. The highest BCUT2D eigenvalue weighted by Crippen LogP contribution is 2.37. The summed E-state index contributed by atoms with van der Waals surface area (Å²) in [5, 5.41) is 0.139. The molecule has 0 saturated heterocycles. The summed E-state index contributed by atoms with van der Waals surface area (Å²) in [5.74, 6) is 2.44. The van der Waals surface area contributed by atoms with Crippen LogP contribution in [-0.2, 0) is 23.4 Å². The van der Waals surface area contributed by atoms with Gasteiger partial charge in [0.15, 0.2) is 14.6 Å². The maximum Gasteiger partial charge on any atom is 0.192 e. The third kappa shape index (κ3) is 6.38. The van der Waals surface area contributed by atoms with E-state index in [4.69, 9.17) is 29.8 Å². The first-order valence-electron chi connectivity index (χ1n) is 7.84. The predicted octanol–water partition coefficient (Wildman–Crippen LogP) is 2.93. The summed E-state index contributed by atoms with van der Waals surface area (Å²) in [7, 11) is -0.271. The van der Waals surface area contributed by atoms with E-state index in [0.29, 0.717) is 6.61 Å². The fourth-order valence-corrected chi connectivity index (χ4v) is 2.81. The Morgan fingerprint density at radius 3 is 2.48 bits per heavy atom. The van der Waals surface area contributed by atoms with E-state index in [2.05, 4.69) is 39.8 Å². The predicted molar refractivity (Wildman–Crippen MR) is 92.5 cm³/mol. The van der Waals surface area contributed by atoms with Gasteiger partial charge in [0.1, 0.15) is 25.6 Å². The maximum atomic E-state index is 6.26. The first-order chi connectivity index (χ1) is 10.7. The molecule has 0 aromatic carbocycles. The normalized spacial score (nSPS) is 25.3. The van der Waals surface area contributed by atoms with Crippen molar-refractivity contribution in [2.45, 2.75) is 57.4 Å². The van der Waals surface area contributed by atoms with Gasteiger partial charge in [-0.1, -0.05) is 32.8 Å². The lowest BCUT2D eigenvalue weighted by Gasteiger charge is -2.39. The van der Waals surface area contributed by atoms with E-state index in [0.717, 1.165) is 0 Å². The van der Waals surface area contributed by atoms with Crippen LogP contribution in [0, 0.1) is 12.3 Å². The average Bonchev–Trinajstić information content (AvgIpc) is 2.48. The van der Waals surface area contributed by atoms with Crippen molar-refractivity contribution in [1.82, 2.24) is 0 Å². The molecule has 0 radical (unpaired) electrons. The molecular weight excluding hydrogens is 312 g/mol. The molecule has 0 amide bonds. The molecule has 3 atom stereocenters. The van der Waals surface area contributed by atoms with E-state index in [-0.39, 0.29) is 30.6 Å². The molecule has 1 rings (SSSR count). The van der Waals surface area contributed by atoms with E-state index in [9.17, 15) is 0 Å². The van der Waals surface area contributed by atoms with Crippen molar-refractivity contribution in [3.8, 4) is 12.3 Å². The first-order valence-corrected chi connectivity index (χ1v) is 10.8. The van der Waals surface area contributed by atoms with E-state index < -0.39 is 14.6 Å². The standard InChI is InChI=1S/C17H30O5Si/c1-8-11-19-16-10-9-14(20-13-18-5)15(22-16)12-21-23(6,7)17(2,3)4/h1,9-10,14-16H,11-13H2,2-7H3/t14-,15+,16-/m0/s1. The maximum absolute atomic E-state index is 6.26. The topological polar surface area (TPSA) is 46.2 Å². The number of hydrogen-bond donors (Lipinski definition) is 0. The second-order valence-electron chi connectivity index (χ2n) is 7.05. The Bertz CT molecular complexity index is 422. The van der Waals surface area contributed by atoms with Crippen LogP contribution >= 0.6 is 0 Å². The first kappa shape index (κ1) is 20.4. The lowest BCUT2D eigenvalue weighted by atomic mass is 10.1. The van der Waals surface area contributed by atoms with Crippen molar-refractivity contribution in [3.05, 3.63) is 12.2 Å². The Kier molecular flexibility index (Phi) is 7.94. The summed E-state index contributed by atoms with van der Waals surface area (Å²) in [4.78, 5) is 0. The number of hydrogen-bond acceptors (Lipinski definition) is 5. The van der Waals surface area contributed by atoms with E-state index in [1.807, 2.05) is 6.08 Å².